The van der Waals surface area contributed by atoms with E-state index in [-0.39, 0.29) is 23.4 Å². The number of carbonyl (C=O) groups is 2. The summed E-state index contributed by atoms with van der Waals surface area (Å²) in [5, 5.41) is 3.06. The summed E-state index contributed by atoms with van der Waals surface area (Å²) in [7, 11) is -3.72. The number of piperidine rings is 1. The molecule has 1 unspecified atom stereocenters. The molecule has 4 rings (SSSR count). The first kappa shape index (κ1) is 24.4. The summed E-state index contributed by atoms with van der Waals surface area (Å²) in [6.07, 6.45) is 3.56. The smallest absolute Gasteiger partial charge is 0.251 e. The lowest BCUT2D eigenvalue weighted by molar-refractivity contribution is -0.123. The number of hydrogen-bond donors (Lipinski definition) is 1. The quantitative estimate of drug-likeness (QED) is 0.678. The van der Waals surface area contributed by atoms with Crippen LogP contribution in [-0.4, -0.2) is 50.5 Å². The van der Waals surface area contributed by atoms with Gasteiger partial charge in [-0.2, -0.15) is 0 Å². The number of likely N-dealkylation sites (tertiary alicyclic amines) is 1. The molecule has 0 aromatic heterocycles. The highest BCUT2D eigenvalue weighted by Crippen LogP contribution is 2.35. The van der Waals surface area contributed by atoms with Crippen LogP contribution in [0.2, 0.25) is 0 Å². The Bertz CT molecular complexity index is 1150. The maximum absolute atomic E-state index is 12.9. The van der Waals surface area contributed by atoms with Crippen molar-refractivity contribution < 1.29 is 18.0 Å². The third-order valence-electron chi connectivity index (χ3n) is 6.70. The van der Waals surface area contributed by atoms with Crippen molar-refractivity contribution in [1.82, 2.24) is 10.2 Å². The fraction of sp³-hybridized carbons (Fsp3) is 0.462. The highest BCUT2D eigenvalue weighted by Gasteiger charge is 2.49. The molecule has 0 bridgehead atoms. The summed E-state index contributed by atoms with van der Waals surface area (Å²) in [6.45, 7) is 7.82. The number of nitrogens with zero attached hydrogens (tertiary/aromatic N) is 2. The molecule has 2 aliphatic rings. The molecule has 182 valence electrons. The summed E-state index contributed by atoms with van der Waals surface area (Å²) >= 11 is 0. The normalized spacial score (nSPS) is 20.8. The van der Waals surface area contributed by atoms with Gasteiger partial charge in [-0.1, -0.05) is 36.2 Å². The molecule has 0 aliphatic carbocycles. The topological polar surface area (TPSA) is 86.8 Å². The van der Waals surface area contributed by atoms with Crippen LogP contribution in [0.15, 0.2) is 48.5 Å². The molecule has 2 aliphatic heterocycles. The van der Waals surface area contributed by atoms with E-state index < -0.39 is 21.3 Å². The number of nitrogens with one attached hydrogen (secondary N) is 1. The van der Waals surface area contributed by atoms with Gasteiger partial charge in [0.05, 0.1) is 22.9 Å². The second-order valence-corrected chi connectivity index (χ2v) is 11.8. The maximum Gasteiger partial charge on any atom is 0.251 e. The number of benzene rings is 2. The number of aryl methyl sites for hydroxylation is 1. The molecule has 2 heterocycles. The molecular weight excluding hydrogens is 450 g/mol. The van der Waals surface area contributed by atoms with E-state index in [0.717, 1.165) is 30.2 Å². The minimum absolute atomic E-state index is 0.0960. The fourth-order valence-corrected chi connectivity index (χ4v) is 6.88. The monoisotopic (exact) mass is 483 g/mol. The Morgan fingerprint density at radius 2 is 1.62 bits per heavy atom. The SMILES string of the molecule is Cc1ccc(C(CNC(=O)c2ccc(N3C(=O)C(C)(C)CS3(=O)=O)cc2)N2CCCCC2)cc1. The van der Waals surface area contributed by atoms with Crippen LogP contribution in [0.5, 0.6) is 0 Å². The van der Waals surface area contributed by atoms with Crippen molar-refractivity contribution in [3.63, 3.8) is 0 Å². The summed E-state index contributed by atoms with van der Waals surface area (Å²) in [5.41, 5.74) is 2.11. The van der Waals surface area contributed by atoms with Gasteiger partial charge < -0.3 is 5.32 Å². The second kappa shape index (κ2) is 9.50. The molecule has 0 radical (unpaired) electrons. The zero-order chi connectivity index (χ0) is 24.5. The Morgan fingerprint density at radius 3 is 2.18 bits per heavy atom. The van der Waals surface area contributed by atoms with E-state index in [1.54, 1.807) is 26.0 Å². The first-order valence-electron chi connectivity index (χ1n) is 11.8. The average molecular weight is 484 g/mol. The van der Waals surface area contributed by atoms with Gasteiger partial charge in [0.1, 0.15) is 0 Å². The lowest BCUT2D eigenvalue weighted by atomic mass is 9.95. The van der Waals surface area contributed by atoms with Crippen LogP contribution in [0.1, 0.15) is 60.6 Å². The molecule has 2 fully saturated rings. The molecule has 2 saturated heterocycles. The van der Waals surface area contributed by atoms with E-state index in [0.29, 0.717) is 12.1 Å². The third-order valence-corrected chi connectivity index (χ3v) is 8.72. The predicted octanol–water partition coefficient (Wildman–Crippen LogP) is 3.65. The second-order valence-electron chi connectivity index (χ2n) is 9.99. The minimum Gasteiger partial charge on any atom is -0.350 e. The van der Waals surface area contributed by atoms with Gasteiger partial charge in [-0.25, -0.2) is 12.7 Å². The van der Waals surface area contributed by atoms with Crippen LogP contribution in [0.4, 0.5) is 5.69 Å². The molecule has 1 atom stereocenters. The molecular formula is C26H33N3O4S. The van der Waals surface area contributed by atoms with E-state index in [1.165, 1.54) is 29.7 Å². The first-order valence-corrected chi connectivity index (χ1v) is 13.5. The molecule has 2 amide bonds. The Morgan fingerprint density at radius 1 is 1.00 bits per heavy atom. The highest BCUT2D eigenvalue weighted by molar-refractivity contribution is 7.94. The van der Waals surface area contributed by atoms with E-state index >= 15 is 0 Å². The molecule has 7 nitrogen and oxygen atoms in total. The molecule has 34 heavy (non-hydrogen) atoms. The van der Waals surface area contributed by atoms with Crippen molar-refractivity contribution in [2.75, 3.05) is 29.7 Å². The van der Waals surface area contributed by atoms with Crippen LogP contribution >= 0.6 is 0 Å². The summed E-state index contributed by atoms with van der Waals surface area (Å²) in [4.78, 5) is 28.0. The standard InChI is InChI=1S/C26H33N3O4S/c1-19-7-9-20(10-8-19)23(28-15-5-4-6-16-28)17-27-24(30)21-11-13-22(14-12-21)29-25(31)26(2,3)18-34(29,32)33/h7-14,23H,4-6,15-18H2,1-3H3,(H,27,30). The lowest BCUT2D eigenvalue weighted by Crippen LogP contribution is -2.40. The first-order chi connectivity index (χ1) is 16.1. The number of rotatable bonds is 6. The van der Waals surface area contributed by atoms with E-state index in [9.17, 15) is 18.0 Å². The summed E-state index contributed by atoms with van der Waals surface area (Å²) < 4.78 is 25.9. The van der Waals surface area contributed by atoms with Crippen molar-refractivity contribution in [3.8, 4) is 0 Å². The molecule has 1 N–H and O–H groups in total. The van der Waals surface area contributed by atoms with Crippen molar-refractivity contribution in [3.05, 3.63) is 65.2 Å². The fourth-order valence-electron chi connectivity index (χ4n) is 4.78. The zero-order valence-corrected chi connectivity index (χ0v) is 20.9. The lowest BCUT2D eigenvalue weighted by Gasteiger charge is -2.35. The van der Waals surface area contributed by atoms with Gasteiger partial charge in [0.25, 0.3) is 5.91 Å². The Labute approximate surface area is 202 Å². The number of carbonyl (C=O) groups excluding carboxylic acids is 2. The molecule has 0 spiro atoms. The van der Waals surface area contributed by atoms with Crippen molar-refractivity contribution in [1.29, 1.82) is 0 Å². The van der Waals surface area contributed by atoms with Crippen LogP contribution in [0.3, 0.4) is 0 Å². The Kier molecular flexibility index (Phi) is 6.82. The van der Waals surface area contributed by atoms with Crippen LogP contribution in [-0.2, 0) is 14.8 Å². The van der Waals surface area contributed by atoms with Gasteiger partial charge in [0, 0.05) is 12.1 Å². The van der Waals surface area contributed by atoms with E-state index in [4.69, 9.17) is 0 Å². The number of sulfonamides is 1. The van der Waals surface area contributed by atoms with E-state index in [2.05, 4.69) is 41.4 Å². The third kappa shape index (κ3) is 5.03. The van der Waals surface area contributed by atoms with Gasteiger partial charge in [-0.05, 0) is 76.5 Å². The van der Waals surface area contributed by atoms with Gasteiger partial charge in [-0.15, -0.1) is 0 Å². The van der Waals surface area contributed by atoms with Gasteiger partial charge in [0.2, 0.25) is 15.9 Å². The van der Waals surface area contributed by atoms with Crippen molar-refractivity contribution >= 4 is 27.5 Å². The van der Waals surface area contributed by atoms with Crippen LogP contribution < -0.4 is 9.62 Å². The van der Waals surface area contributed by atoms with E-state index in [1.807, 2.05) is 0 Å². The summed E-state index contributed by atoms with van der Waals surface area (Å²) in [6, 6.07) is 14.7. The number of anilines is 1. The Hall–Kier alpha value is -2.71. The van der Waals surface area contributed by atoms with Gasteiger partial charge in [-0.3, -0.25) is 14.5 Å². The zero-order valence-electron chi connectivity index (χ0n) is 20.1. The number of hydrogen-bond acceptors (Lipinski definition) is 5. The molecule has 2 aromatic carbocycles. The highest BCUT2D eigenvalue weighted by atomic mass is 32.2. The van der Waals surface area contributed by atoms with Crippen LogP contribution in [0, 0.1) is 12.3 Å². The Balaban J connectivity index is 1.47. The molecule has 2 aromatic rings. The molecule has 8 heteroatoms. The summed E-state index contributed by atoms with van der Waals surface area (Å²) in [5.74, 6) is -0.901. The van der Waals surface area contributed by atoms with Gasteiger partial charge >= 0.3 is 0 Å². The predicted molar refractivity (Wildman–Crippen MR) is 133 cm³/mol. The maximum atomic E-state index is 12.9. The number of amides is 2. The van der Waals surface area contributed by atoms with Gasteiger partial charge in [0.15, 0.2) is 0 Å². The van der Waals surface area contributed by atoms with Crippen LogP contribution in [0.25, 0.3) is 0 Å². The molecule has 0 saturated carbocycles. The van der Waals surface area contributed by atoms with Crippen molar-refractivity contribution in [2.45, 2.75) is 46.1 Å². The minimum atomic E-state index is -3.72. The largest absolute Gasteiger partial charge is 0.350 e. The average Bonchev–Trinajstić information content (AvgIpc) is 2.97. The van der Waals surface area contributed by atoms with Crippen molar-refractivity contribution in [2.24, 2.45) is 5.41 Å².